The topological polar surface area (TPSA) is 384 Å². The number of nitrogen functional groups attached to an aromatic ring is 1. The lowest BCUT2D eigenvalue weighted by Gasteiger charge is -2.30. The average molecular weight is 910 g/mol. The van der Waals surface area contributed by atoms with Crippen LogP contribution in [-0.2, 0) is 50.7 Å². The lowest BCUT2D eigenvalue weighted by atomic mass is 9.87. The number of ether oxygens (including phenoxy) is 1. The molecule has 0 spiro atoms. The number of aliphatic hydroxyl groups excluding tert-OH is 3. The summed E-state index contributed by atoms with van der Waals surface area (Å²) < 4.78 is 62.2. The van der Waals surface area contributed by atoms with Gasteiger partial charge in [0.1, 0.15) is 36.3 Å². The standard InChI is InChI=1S/C29H50N7O18P3S/c1-5-7-16(17(37)6-2)28(42)58-11-10-31-19(38)8-9-32-26(41)23(40)29(3,4)13-51-57(48,49)54-56(46,47)50-12-18-22(53-55(43,44)45)21(39)27(52-18)36-15-35-20-24(30)33-14-34-25(20)36/h14-18,21-23,27,37,39-40H,5-13H2,1-4H3,(H,31,38)(H,32,41)(H,46,47)(H,48,49)(H2,30,33,34)(H2,43,44,45)/t16?,17-,18+,21+,22+,23-,27+/m0/s1. The summed E-state index contributed by atoms with van der Waals surface area (Å²) >= 11 is 1.00. The van der Waals surface area contributed by atoms with Gasteiger partial charge >= 0.3 is 23.5 Å². The van der Waals surface area contributed by atoms with Crippen LogP contribution in [0.2, 0.25) is 0 Å². The van der Waals surface area contributed by atoms with Crippen LogP contribution in [0.4, 0.5) is 5.82 Å². The number of phosphoric ester groups is 3. The summed E-state index contributed by atoms with van der Waals surface area (Å²) in [6.45, 7) is 4.07. The van der Waals surface area contributed by atoms with Crippen LogP contribution < -0.4 is 16.4 Å². The maximum atomic E-state index is 12.7. The number of thioether (sulfide) groups is 1. The molecule has 0 bridgehead atoms. The molecule has 0 saturated carbocycles. The fraction of sp³-hybridized carbons (Fsp3) is 0.724. The average Bonchev–Trinajstić information content (AvgIpc) is 3.69. The molecule has 1 saturated heterocycles. The summed E-state index contributed by atoms with van der Waals surface area (Å²) in [5, 5.41) is 36.3. The van der Waals surface area contributed by atoms with E-state index in [0.29, 0.717) is 12.8 Å². The maximum absolute atomic E-state index is 12.7. The summed E-state index contributed by atoms with van der Waals surface area (Å²) in [5.41, 5.74) is 4.24. The number of nitrogens with two attached hydrogens (primary N) is 1. The minimum absolute atomic E-state index is 0.0265. The molecule has 2 aromatic heterocycles. The third kappa shape index (κ3) is 14.6. The van der Waals surface area contributed by atoms with Crippen molar-refractivity contribution >= 4 is 69.1 Å². The molecule has 11 N–H and O–H groups in total. The molecule has 0 aromatic carbocycles. The molecule has 3 rings (SSSR count). The van der Waals surface area contributed by atoms with E-state index in [4.69, 9.17) is 19.5 Å². The highest BCUT2D eigenvalue weighted by atomic mass is 32.2. The SMILES string of the molecule is CCCC(C(=O)SCCNC(=O)CCNC(=O)[C@H](O)C(C)(C)COP(=O)(O)OP(=O)(O)OC[C@H]1O[C@@H](n2cnc3c(N)ncnc32)[C@H](O)[C@@H]1OP(=O)(O)O)[C@@H](O)CC. The molecule has 29 heteroatoms. The van der Waals surface area contributed by atoms with Crippen molar-refractivity contribution in [2.75, 3.05) is 37.8 Å². The van der Waals surface area contributed by atoms with Crippen LogP contribution in [0.1, 0.15) is 59.6 Å². The zero-order chi connectivity index (χ0) is 43.6. The van der Waals surface area contributed by atoms with Crippen molar-refractivity contribution in [1.29, 1.82) is 0 Å². The first-order valence-electron chi connectivity index (χ1n) is 17.7. The number of carbonyl (C=O) groups is 3. The van der Waals surface area contributed by atoms with Gasteiger partial charge in [-0.15, -0.1) is 0 Å². The first kappa shape index (κ1) is 49.9. The van der Waals surface area contributed by atoms with E-state index in [2.05, 4.69) is 34.4 Å². The summed E-state index contributed by atoms with van der Waals surface area (Å²) in [7, 11) is -16.4. The van der Waals surface area contributed by atoms with E-state index in [1.807, 2.05) is 6.92 Å². The predicted octanol–water partition coefficient (Wildman–Crippen LogP) is -0.148. The molecule has 0 aliphatic carbocycles. The smallest absolute Gasteiger partial charge is 0.392 e. The first-order chi connectivity index (χ1) is 26.9. The number of amides is 2. The van der Waals surface area contributed by atoms with Crippen LogP contribution in [0.15, 0.2) is 12.7 Å². The Morgan fingerprint density at radius 2 is 1.71 bits per heavy atom. The Bertz CT molecular complexity index is 1870. The van der Waals surface area contributed by atoms with Crippen LogP contribution in [-0.4, -0.2) is 134 Å². The summed E-state index contributed by atoms with van der Waals surface area (Å²) in [6, 6.07) is 0. The van der Waals surface area contributed by atoms with E-state index >= 15 is 0 Å². The number of phosphoric acid groups is 3. The van der Waals surface area contributed by atoms with Gasteiger partial charge in [-0.25, -0.2) is 28.6 Å². The van der Waals surface area contributed by atoms with Gasteiger partial charge in [-0.05, 0) is 12.8 Å². The number of aliphatic hydroxyl groups is 3. The van der Waals surface area contributed by atoms with Gasteiger partial charge in [0.25, 0.3) is 0 Å². The number of nitrogens with zero attached hydrogens (tertiary/aromatic N) is 4. The maximum Gasteiger partial charge on any atom is 0.481 e. The summed E-state index contributed by atoms with van der Waals surface area (Å²) in [4.78, 5) is 88.2. The van der Waals surface area contributed by atoms with Crippen LogP contribution >= 0.6 is 35.2 Å². The van der Waals surface area contributed by atoms with Crippen molar-refractivity contribution in [3.8, 4) is 0 Å². The number of nitrogens with one attached hydrogen (secondary N) is 2. The molecule has 1 aliphatic heterocycles. The molecule has 58 heavy (non-hydrogen) atoms. The fourth-order valence-electron chi connectivity index (χ4n) is 5.45. The Morgan fingerprint density at radius 3 is 2.34 bits per heavy atom. The third-order valence-electron chi connectivity index (χ3n) is 8.53. The first-order valence-corrected chi connectivity index (χ1v) is 23.2. The van der Waals surface area contributed by atoms with Gasteiger partial charge in [0.2, 0.25) is 11.8 Å². The highest BCUT2D eigenvalue weighted by molar-refractivity contribution is 8.13. The van der Waals surface area contributed by atoms with E-state index < -0.39 is 96.6 Å². The number of hydrogen-bond donors (Lipinski definition) is 10. The van der Waals surface area contributed by atoms with E-state index in [1.54, 1.807) is 6.92 Å². The number of anilines is 1. The van der Waals surface area contributed by atoms with Gasteiger partial charge < -0.3 is 56.0 Å². The Hall–Kier alpha value is -2.48. The minimum atomic E-state index is -5.58. The number of carbonyl (C=O) groups excluding carboxylic acids is 3. The van der Waals surface area contributed by atoms with Gasteiger partial charge in [0.05, 0.1) is 31.6 Å². The van der Waals surface area contributed by atoms with Gasteiger partial charge in [0, 0.05) is 30.7 Å². The summed E-state index contributed by atoms with van der Waals surface area (Å²) in [6.07, 6.45) is -6.01. The second-order valence-electron chi connectivity index (χ2n) is 13.6. The lowest BCUT2D eigenvalue weighted by molar-refractivity contribution is -0.137. The van der Waals surface area contributed by atoms with Gasteiger partial charge in [-0.3, -0.25) is 32.5 Å². The second-order valence-corrected chi connectivity index (χ2v) is 18.9. The van der Waals surface area contributed by atoms with Crippen molar-refractivity contribution in [1.82, 2.24) is 30.2 Å². The molecule has 2 aromatic rings. The number of rotatable bonds is 24. The molecule has 330 valence electrons. The molecule has 9 atom stereocenters. The molecule has 1 aliphatic rings. The molecule has 25 nitrogen and oxygen atoms in total. The third-order valence-corrected chi connectivity index (χ3v) is 12.6. The highest BCUT2D eigenvalue weighted by Crippen LogP contribution is 2.61. The quantitative estimate of drug-likeness (QED) is 0.0483. The highest BCUT2D eigenvalue weighted by Gasteiger charge is 2.50. The molecule has 2 amide bonds. The van der Waals surface area contributed by atoms with Gasteiger partial charge in [-0.2, -0.15) is 4.31 Å². The lowest BCUT2D eigenvalue weighted by Crippen LogP contribution is -2.46. The fourth-order valence-corrected chi connectivity index (χ4v) is 9.18. The number of aromatic nitrogens is 4. The molecule has 0 radical (unpaired) electrons. The van der Waals surface area contributed by atoms with Crippen molar-refractivity contribution < 1.29 is 85.6 Å². The molecular formula is C29H50N7O18P3S. The Labute approximate surface area is 336 Å². The van der Waals surface area contributed by atoms with Crippen molar-refractivity contribution in [2.45, 2.75) is 90.1 Å². The van der Waals surface area contributed by atoms with E-state index in [0.717, 1.165) is 35.4 Å². The number of imidazole rings is 1. The van der Waals surface area contributed by atoms with Crippen LogP contribution in [0.25, 0.3) is 11.2 Å². The Balaban J connectivity index is 1.48. The summed E-state index contributed by atoms with van der Waals surface area (Å²) in [5.74, 6) is -1.73. The zero-order valence-electron chi connectivity index (χ0n) is 31.8. The number of hydrogen-bond acceptors (Lipinski definition) is 19. The number of fused-ring (bicyclic) bond motifs is 1. The van der Waals surface area contributed by atoms with Gasteiger partial charge in [-0.1, -0.05) is 45.9 Å². The van der Waals surface area contributed by atoms with E-state index in [9.17, 15) is 63.0 Å². The molecule has 3 heterocycles. The minimum Gasteiger partial charge on any atom is -0.392 e. The predicted molar refractivity (Wildman–Crippen MR) is 202 cm³/mol. The van der Waals surface area contributed by atoms with Crippen molar-refractivity contribution in [3.05, 3.63) is 12.7 Å². The monoisotopic (exact) mass is 909 g/mol. The van der Waals surface area contributed by atoms with E-state index in [1.165, 1.54) is 13.8 Å². The largest absolute Gasteiger partial charge is 0.481 e. The Morgan fingerprint density at radius 1 is 1.03 bits per heavy atom. The van der Waals surface area contributed by atoms with Crippen molar-refractivity contribution in [2.24, 2.45) is 11.3 Å². The van der Waals surface area contributed by atoms with E-state index in [-0.39, 0.29) is 47.4 Å². The Kier molecular flexibility index (Phi) is 18.4. The van der Waals surface area contributed by atoms with Crippen LogP contribution in [0.3, 0.4) is 0 Å². The normalized spacial score (nSPS) is 22.5. The van der Waals surface area contributed by atoms with Crippen molar-refractivity contribution in [3.63, 3.8) is 0 Å². The molecule has 3 unspecified atom stereocenters. The molecular weight excluding hydrogens is 859 g/mol. The zero-order valence-corrected chi connectivity index (χ0v) is 35.3. The second kappa shape index (κ2) is 21.4. The van der Waals surface area contributed by atoms with Gasteiger partial charge in [0.15, 0.2) is 22.8 Å². The molecule has 1 fully saturated rings. The van der Waals surface area contributed by atoms with Crippen LogP contribution in [0.5, 0.6) is 0 Å². The van der Waals surface area contributed by atoms with Crippen LogP contribution in [0, 0.1) is 11.3 Å².